The largest absolute Gasteiger partial charge is 0.378 e. The second kappa shape index (κ2) is 2.89. The first-order valence-electron chi connectivity index (χ1n) is 4.27. The highest BCUT2D eigenvalue weighted by Gasteiger charge is 2.25. The van der Waals surface area contributed by atoms with Gasteiger partial charge >= 0.3 is 0 Å². The topological polar surface area (TPSA) is 21.3 Å². The van der Waals surface area contributed by atoms with E-state index in [1.807, 2.05) is 0 Å². The summed E-state index contributed by atoms with van der Waals surface area (Å²) < 4.78 is 5.60. The summed E-state index contributed by atoms with van der Waals surface area (Å²) in [5.41, 5.74) is 0. The van der Waals surface area contributed by atoms with Crippen molar-refractivity contribution < 1.29 is 4.74 Å². The molecule has 2 aliphatic rings. The molecule has 2 bridgehead atoms. The van der Waals surface area contributed by atoms with Gasteiger partial charge in [-0.05, 0) is 31.7 Å². The van der Waals surface area contributed by atoms with Gasteiger partial charge in [-0.25, -0.2) is 0 Å². The highest BCUT2D eigenvalue weighted by Crippen LogP contribution is 2.23. The van der Waals surface area contributed by atoms with Crippen molar-refractivity contribution in [2.24, 2.45) is 5.92 Å². The molecule has 2 nitrogen and oxygen atoms in total. The Morgan fingerprint density at radius 1 is 1.40 bits per heavy atom. The molecule has 10 heavy (non-hydrogen) atoms. The molecule has 0 aromatic carbocycles. The lowest BCUT2D eigenvalue weighted by molar-refractivity contribution is 0.101. The van der Waals surface area contributed by atoms with Crippen molar-refractivity contribution in [2.75, 3.05) is 19.7 Å². The van der Waals surface area contributed by atoms with Crippen LogP contribution in [-0.4, -0.2) is 25.8 Å². The maximum absolute atomic E-state index is 5.60. The number of rotatable bonds is 0. The van der Waals surface area contributed by atoms with Crippen LogP contribution in [0.1, 0.15) is 19.3 Å². The van der Waals surface area contributed by atoms with Crippen molar-refractivity contribution in [3.05, 3.63) is 0 Å². The third-order valence-electron chi connectivity index (χ3n) is 2.48. The molecule has 2 fully saturated rings. The number of hydrogen-bond acceptors (Lipinski definition) is 2. The molecule has 0 aromatic rings. The normalized spacial score (nSPS) is 40.8. The average Bonchev–Trinajstić information content (AvgIpc) is 2.30. The molecule has 0 amide bonds. The van der Waals surface area contributed by atoms with Crippen molar-refractivity contribution in [2.45, 2.75) is 25.4 Å². The van der Waals surface area contributed by atoms with Gasteiger partial charge in [0.15, 0.2) is 0 Å². The smallest absolute Gasteiger partial charge is 0.0579 e. The SMILES string of the molecule is C1CNCC2COC(C1)C2. The molecule has 1 N–H and O–H groups in total. The van der Waals surface area contributed by atoms with Gasteiger partial charge in [-0.3, -0.25) is 0 Å². The van der Waals surface area contributed by atoms with Gasteiger partial charge in [0.1, 0.15) is 0 Å². The predicted octanol–water partition coefficient (Wildman–Crippen LogP) is 0.775. The van der Waals surface area contributed by atoms with Crippen LogP contribution in [0.5, 0.6) is 0 Å². The first kappa shape index (κ1) is 6.62. The first-order valence-corrected chi connectivity index (χ1v) is 4.27. The molecule has 2 atom stereocenters. The molecule has 0 aromatic heterocycles. The Morgan fingerprint density at radius 3 is 3.40 bits per heavy atom. The molecule has 0 saturated carbocycles. The van der Waals surface area contributed by atoms with Gasteiger partial charge in [0.05, 0.1) is 12.7 Å². The summed E-state index contributed by atoms with van der Waals surface area (Å²) in [4.78, 5) is 0. The van der Waals surface area contributed by atoms with Crippen LogP contribution < -0.4 is 5.32 Å². The first-order chi connectivity index (χ1) is 4.95. The van der Waals surface area contributed by atoms with Crippen molar-refractivity contribution in [3.8, 4) is 0 Å². The average molecular weight is 141 g/mol. The van der Waals surface area contributed by atoms with E-state index in [9.17, 15) is 0 Å². The zero-order valence-corrected chi connectivity index (χ0v) is 6.31. The fourth-order valence-electron chi connectivity index (χ4n) is 1.88. The van der Waals surface area contributed by atoms with Crippen LogP contribution in [0.2, 0.25) is 0 Å². The maximum atomic E-state index is 5.60. The second-order valence-electron chi connectivity index (χ2n) is 3.40. The fourth-order valence-corrected chi connectivity index (χ4v) is 1.88. The minimum atomic E-state index is 0.604. The third kappa shape index (κ3) is 1.32. The Bertz CT molecular complexity index is 104. The number of fused-ring (bicyclic) bond motifs is 2. The lowest BCUT2D eigenvalue weighted by Gasteiger charge is -2.14. The predicted molar refractivity (Wildman–Crippen MR) is 40.0 cm³/mol. The second-order valence-corrected chi connectivity index (χ2v) is 3.40. The monoisotopic (exact) mass is 141 g/mol. The summed E-state index contributed by atoms with van der Waals surface area (Å²) in [6, 6.07) is 0. The Hall–Kier alpha value is -0.0800. The van der Waals surface area contributed by atoms with E-state index in [2.05, 4.69) is 5.32 Å². The number of nitrogens with one attached hydrogen (secondary N) is 1. The Morgan fingerprint density at radius 2 is 2.40 bits per heavy atom. The highest BCUT2D eigenvalue weighted by atomic mass is 16.5. The number of ether oxygens (including phenoxy) is 1. The van der Waals surface area contributed by atoms with E-state index in [4.69, 9.17) is 4.74 Å². The van der Waals surface area contributed by atoms with Gasteiger partial charge in [-0.1, -0.05) is 0 Å². The van der Waals surface area contributed by atoms with Crippen molar-refractivity contribution in [1.82, 2.24) is 5.32 Å². The quantitative estimate of drug-likeness (QED) is 0.538. The van der Waals surface area contributed by atoms with Crippen LogP contribution in [-0.2, 0) is 4.74 Å². The van der Waals surface area contributed by atoms with E-state index in [1.54, 1.807) is 0 Å². The molecule has 58 valence electrons. The molecule has 2 aliphatic heterocycles. The Balaban J connectivity index is 1.91. The fraction of sp³-hybridized carbons (Fsp3) is 1.00. The van der Waals surface area contributed by atoms with Gasteiger partial charge in [0, 0.05) is 6.54 Å². The van der Waals surface area contributed by atoms with Crippen LogP contribution in [0.3, 0.4) is 0 Å². The lowest BCUT2D eigenvalue weighted by atomic mass is 10.0. The van der Waals surface area contributed by atoms with E-state index in [0.29, 0.717) is 6.10 Å². The lowest BCUT2D eigenvalue weighted by Crippen LogP contribution is -2.26. The molecule has 0 spiro atoms. The van der Waals surface area contributed by atoms with E-state index in [1.165, 1.54) is 32.4 Å². The molecule has 2 unspecified atom stereocenters. The minimum Gasteiger partial charge on any atom is -0.378 e. The Labute approximate surface area is 61.9 Å². The summed E-state index contributed by atoms with van der Waals surface area (Å²) in [6.07, 6.45) is 4.46. The van der Waals surface area contributed by atoms with Crippen LogP contribution in [0, 0.1) is 5.92 Å². The van der Waals surface area contributed by atoms with Crippen molar-refractivity contribution in [1.29, 1.82) is 0 Å². The van der Waals surface area contributed by atoms with Gasteiger partial charge < -0.3 is 10.1 Å². The summed E-state index contributed by atoms with van der Waals surface area (Å²) in [5.74, 6) is 0.810. The Kier molecular flexibility index (Phi) is 1.91. The number of hydrogen-bond donors (Lipinski definition) is 1. The molecular weight excluding hydrogens is 126 g/mol. The van der Waals surface area contributed by atoms with E-state index >= 15 is 0 Å². The summed E-state index contributed by atoms with van der Waals surface area (Å²) in [6.45, 7) is 3.37. The zero-order valence-electron chi connectivity index (χ0n) is 6.31. The molecule has 2 heterocycles. The molecule has 0 radical (unpaired) electrons. The maximum Gasteiger partial charge on any atom is 0.0579 e. The zero-order chi connectivity index (χ0) is 6.81. The van der Waals surface area contributed by atoms with E-state index in [0.717, 1.165) is 12.5 Å². The van der Waals surface area contributed by atoms with Gasteiger partial charge in [0.25, 0.3) is 0 Å². The third-order valence-corrected chi connectivity index (χ3v) is 2.48. The summed E-state index contributed by atoms with van der Waals surface area (Å²) in [5, 5.41) is 3.43. The summed E-state index contributed by atoms with van der Waals surface area (Å²) in [7, 11) is 0. The van der Waals surface area contributed by atoms with Gasteiger partial charge in [-0.2, -0.15) is 0 Å². The van der Waals surface area contributed by atoms with E-state index in [-0.39, 0.29) is 0 Å². The van der Waals surface area contributed by atoms with Crippen molar-refractivity contribution in [3.63, 3.8) is 0 Å². The van der Waals surface area contributed by atoms with Crippen LogP contribution in [0.4, 0.5) is 0 Å². The standard InChI is InChI=1S/C8H15NO/c1-2-8-4-7(6-10-8)5-9-3-1/h7-9H,1-6H2. The van der Waals surface area contributed by atoms with Crippen LogP contribution >= 0.6 is 0 Å². The van der Waals surface area contributed by atoms with Gasteiger partial charge in [0.2, 0.25) is 0 Å². The van der Waals surface area contributed by atoms with Crippen LogP contribution in [0.15, 0.2) is 0 Å². The summed E-state index contributed by atoms with van der Waals surface area (Å²) >= 11 is 0. The molecular formula is C8H15NO. The molecule has 0 aliphatic carbocycles. The molecule has 2 rings (SSSR count). The molecule has 2 heteroatoms. The van der Waals surface area contributed by atoms with E-state index < -0.39 is 0 Å². The molecule has 2 saturated heterocycles. The van der Waals surface area contributed by atoms with Crippen LogP contribution in [0.25, 0.3) is 0 Å². The van der Waals surface area contributed by atoms with Crippen molar-refractivity contribution >= 4 is 0 Å². The highest BCUT2D eigenvalue weighted by molar-refractivity contribution is 4.77. The minimum absolute atomic E-state index is 0.604. The van der Waals surface area contributed by atoms with Gasteiger partial charge in [-0.15, -0.1) is 0 Å².